The standard InChI is InChI=1S/C38H41NO11.C31H36N2O11/c1-20(2)11-12-23-18-24(13-15-27(23)41)35(45)39-30-31(43)25-14-16-28(21(3)33(25)49-36(30)46)47-37-32(44)34(26(19-40)38(4,5)50-37)48-29(42)17-22-9-7-6-8-10-22;1-14(2)6-7-16-12-17(8-10-20(16)35)27(38)33-22-23(36)18-9-11-21(15(3)25(18)42-28(22)39)41-29-24(37)26(43-30(32)40)19(13-34)31(4,5)44-29/h6-11,13-16,18,26,32,34,37,40-41,43-44H,12,17,19H2,1-5H3,(H,39,45);6,8-12,19,24,26,29,34-37H,7,13H2,1-5H3,(H2,32,40)(H,33,38)/t26-,32-,34-,37-;19-,24-,26-,29-/m11/s1. The van der Waals surface area contributed by atoms with E-state index in [1.807, 2.05) is 45.9 Å². The minimum Gasteiger partial charge on any atom is -0.508 e. The van der Waals surface area contributed by atoms with Gasteiger partial charge in [0.15, 0.2) is 35.1 Å². The number of aliphatic hydroxyl groups excluding tert-OH is 4. The number of amides is 3. The van der Waals surface area contributed by atoms with Crippen LogP contribution in [0.15, 0.2) is 133 Å². The van der Waals surface area contributed by atoms with Crippen molar-refractivity contribution in [3.05, 3.63) is 174 Å². The minimum absolute atomic E-state index is 0.0134. The van der Waals surface area contributed by atoms with E-state index in [0.29, 0.717) is 24.0 Å². The molecular formula is C69H77N3O22. The van der Waals surface area contributed by atoms with Crippen molar-refractivity contribution in [2.45, 2.75) is 137 Å². The van der Waals surface area contributed by atoms with E-state index in [0.717, 1.165) is 16.7 Å². The normalized spacial score (nSPS) is 20.4. The zero-order chi connectivity index (χ0) is 68.8. The number of esters is 1. The lowest BCUT2D eigenvalue weighted by Gasteiger charge is -2.48. The summed E-state index contributed by atoms with van der Waals surface area (Å²) in [5, 5.41) is 89.7. The van der Waals surface area contributed by atoms with Crippen molar-refractivity contribution in [1.29, 1.82) is 0 Å². The Labute approximate surface area is 539 Å². The third-order valence-corrected chi connectivity index (χ3v) is 16.4. The van der Waals surface area contributed by atoms with Gasteiger partial charge in [-0.05, 0) is 159 Å². The molecule has 0 radical (unpaired) electrons. The van der Waals surface area contributed by atoms with Crippen LogP contribution in [0.25, 0.3) is 21.9 Å². The lowest BCUT2D eigenvalue weighted by atomic mass is 9.81. The molecule has 2 saturated heterocycles. The van der Waals surface area contributed by atoms with E-state index in [4.69, 9.17) is 43.0 Å². The molecule has 2 fully saturated rings. The highest BCUT2D eigenvalue weighted by Crippen LogP contribution is 2.43. The first-order valence-corrected chi connectivity index (χ1v) is 29.9. The first kappa shape index (κ1) is 70.1. The maximum Gasteiger partial charge on any atom is 0.404 e. The van der Waals surface area contributed by atoms with Crippen molar-refractivity contribution in [2.75, 3.05) is 23.8 Å². The quantitative estimate of drug-likeness (QED) is 0.0219. The SMILES string of the molecule is CC(C)=CCc1cc(C(=O)Nc2c(O)c3ccc(O[C@@H]4OC(C)(C)[C@H](CO)[C@@H](OC(=O)Cc5ccccc5)[C@H]4O)c(C)c3oc2=O)ccc1O.CC(C)=CCc1cc(C(=O)Nc2c(O)c3ccc(O[C@@H]4OC(C)(C)[C@H](CO)[C@@H](OC(N)=O)[C@H]4O)c(C)c3oc2=O)ccc1O. The second kappa shape index (κ2) is 29.0. The summed E-state index contributed by atoms with van der Waals surface area (Å²) in [6.07, 6.45) is -4.89. The number of carbonyl (C=O) groups is 4. The van der Waals surface area contributed by atoms with Gasteiger partial charge in [0.25, 0.3) is 11.8 Å². The monoisotopic (exact) mass is 1300 g/mol. The molecule has 0 aliphatic carbocycles. The number of anilines is 2. The molecule has 2 aliphatic heterocycles. The lowest BCUT2D eigenvalue weighted by Crippen LogP contribution is -2.62. The molecule has 9 rings (SSSR count). The van der Waals surface area contributed by atoms with E-state index in [1.165, 1.54) is 67.6 Å². The van der Waals surface area contributed by atoms with Gasteiger partial charge in [-0.15, -0.1) is 0 Å². The highest BCUT2D eigenvalue weighted by Gasteiger charge is 2.54. The predicted octanol–water partition coefficient (Wildman–Crippen LogP) is 8.13. The zero-order valence-electron chi connectivity index (χ0n) is 53.3. The molecule has 25 nitrogen and oxygen atoms in total. The summed E-state index contributed by atoms with van der Waals surface area (Å²) in [4.78, 5) is 76.5. The van der Waals surface area contributed by atoms with E-state index < -0.39 is 131 Å². The number of aryl methyl sites for hydroxylation is 2. The maximum atomic E-state index is 13.1. The smallest absolute Gasteiger partial charge is 0.404 e. The number of rotatable bonds is 18. The molecule has 0 spiro atoms. The van der Waals surface area contributed by atoms with Crippen LogP contribution in [0.1, 0.15) is 104 Å². The largest absolute Gasteiger partial charge is 0.508 e. The molecule has 0 bridgehead atoms. The fourth-order valence-electron chi connectivity index (χ4n) is 11.0. The second-order valence-electron chi connectivity index (χ2n) is 24.4. The number of aromatic hydroxyl groups is 4. The third kappa shape index (κ3) is 15.6. The van der Waals surface area contributed by atoms with Crippen LogP contribution < -0.4 is 37.1 Å². The molecule has 0 saturated carbocycles. The number of primary amides is 1. The van der Waals surface area contributed by atoms with Gasteiger partial charge >= 0.3 is 23.3 Å². The number of phenolic OH excluding ortho intramolecular Hbond substituents is 2. The molecule has 2 aromatic heterocycles. The van der Waals surface area contributed by atoms with Gasteiger partial charge in [-0.1, -0.05) is 53.6 Å². The van der Waals surface area contributed by atoms with Gasteiger partial charge in [0, 0.05) is 22.3 Å². The highest BCUT2D eigenvalue weighted by molar-refractivity contribution is 6.08. The van der Waals surface area contributed by atoms with E-state index in [2.05, 4.69) is 10.6 Å². The number of nitrogens with two attached hydrogens (primary N) is 1. The summed E-state index contributed by atoms with van der Waals surface area (Å²) in [6, 6.07) is 23.2. The maximum absolute atomic E-state index is 13.1. The van der Waals surface area contributed by atoms with E-state index in [-0.39, 0.29) is 73.6 Å². The van der Waals surface area contributed by atoms with Gasteiger partial charge < -0.3 is 94.5 Å². The van der Waals surface area contributed by atoms with Gasteiger partial charge in [0.2, 0.25) is 12.6 Å². The molecule has 0 unspecified atom stereocenters. The van der Waals surface area contributed by atoms with Crippen LogP contribution in [-0.4, -0.2) is 126 Å². The Hall–Kier alpha value is -9.76. The minimum atomic E-state index is -1.55. The van der Waals surface area contributed by atoms with Crippen LogP contribution in [0.3, 0.4) is 0 Å². The van der Waals surface area contributed by atoms with Crippen molar-refractivity contribution < 1.29 is 97.3 Å². The molecule has 2 aliphatic rings. The number of hydrogen-bond donors (Lipinski definition) is 11. The van der Waals surface area contributed by atoms with Gasteiger partial charge in [-0.25, -0.2) is 14.4 Å². The second-order valence-corrected chi connectivity index (χ2v) is 24.4. The van der Waals surface area contributed by atoms with Crippen LogP contribution in [0.5, 0.6) is 34.5 Å². The Balaban J connectivity index is 0.000000243. The number of benzene rings is 5. The van der Waals surface area contributed by atoms with E-state index in [1.54, 1.807) is 58.9 Å². The van der Waals surface area contributed by atoms with E-state index in [9.17, 15) is 69.6 Å². The number of carbonyl (C=O) groups excluding carboxylic acids is 4. The zero-order valence-corrected chi connectivity index (χ0v) is 53.3. The number of allylic oxidation sites excluding steroid dienone is 4. The highest BCUT2D eigenvalue weighted by atomic mass is 16.7. The number of hydrogen-bond acceptors (Lipinski definition) is 22. The summed E-state index contributed by atoms with van der Waals surface area (Å²) in [6.45, 7) is 16.4. The molecule has 7 aromatic rings. The lowest BCUT2D eigenvalue weighted by molar-refractivity contribution is -0.294. The summed E-state index contributed by atoms with van der Waals surface area (Å²) < 4.78 is 45.7. The van der Waals surface area contributed by atoms with Crippen LogP contribution in [0.4, 0.5) is 16.2 Å². The Morgan fingerprint density at radius 2 is 0.989 bits per heavy atom. The van der Waals surface area contributed by atoms with Crippen molar-refractivity contribution in [1.82, 2.24) is 0 Å². The fourth-order valence-corrected chi connectivity index (χ4v) is 11.0. The summed E-state index contributed by atoms with van der Waals surface area (Å²) >= 11 is 0. The fraction of sp³-hybridized carbons (Fsp3) is 0.362. The third-order valence-electron chi connectivity index (χ3n) is 16.4. The first-order valence-electron chi connectivity index (χ1n) is 29.9. The summed E-state index contributed by atoms with van der Waals surface area (Å²) in [7, 11) is 0. The number of aliphatic hydroxyl groups is 4. The number of nitrogens with one attached hydrogen (secondary N) is 2. The molecule has 3 amide bonds. The Bertz CT molecular complexity index is 4180. The molecule has 94 heavy (non-hydrogen) atoms. The Morgan fingerprint density at radius 1 is 0.585 bits per heavy atom. The molecule has 12 N–H and O–H groups in total. The van der Waals surface area contributed by atoms with Crippen molar-refractivity contribution >= 4 is 57.2 Å². The Morgan fingerprint density at radius 3 is 1.37 bits per heavy atom. The molecule has 8 atom stereocenters. The molecule has 25 heteroatoms. The number of ether oxygens (including phenoxy) is 6. The molecule has 500 valence electrons. The van der Waals surface area contributed by atoms with Gasteiger partial charge in [0.1, 0.15) is 46.4 Å². The average Bonchev–Trinajstić information content (AvgIpc) is 0.778. The molecule has 4 heterocycles. The molecule has 5 aromatic carbocycles. The van der Waals surface area contributed by atoms with Gasteiger partial charge in [-0.2, -0.15) is 0 Å². The van der Waals surface area contributed by atoms with Crippen LogP contribution >= 0.6 is 0 Å². The summed E-state index contributed by atoms with van der Waals surface area (Å²) in [5.41, 5.74) is 4.45. The average molecular weight is 1300 g/mol. The van der Waals surface area contributed by atoms with Crippen LogP contribution in [0.2, 0.25) is 0 Å². The Kier molecular flexibility index (Phi) is 21.7. The topological polar surface area (TPSA) is 396 Å². The van der Waals surface area contributed by atoms with Crippen molar-refractivity contribution in [2.24, 2.45) is 17.6 Å². The first-order chi connectivity index (χ1) is 44.3. The number of phenols is 2. The van der Waals surface area contributed by atoms with E-state index >= 15 is 0 Å². The van der Waals surface area contributed by atoms with Crippen LogP contribution in [-0.2, 0) is 43.0 Å². The van der Waals surface area contributed by atoms with Gasteiger partial charge in [0.05, 0.1) is 53.4 Å². The van der Waals surface area contributed by atoms with Crippen molar-refractivity contribution in [3.63, 3.8) is 0 Å². The number of fused-ring (bicyclic) bond motifs is 2. The van der Waals surface area contributed by atoms with Gasteiger partial charge in [-0.3, -0.25) is 14.4 Å². The summed E-state index contributed by atoms with van der Waals surface area (Å²) in [5.74, 6) is -4.44. The van der Waals surface area contributed by atoms with Crippen LogP contribution in [0, 0.1) is 25.7 Å². The predicted molar refractivity (Wildman–Crippen MR) is 343 cm³/mol. The molecular weight excluding hydrogens is 1220 g/mol. The van der Waals surface area contributed by atoms with Crippen molar-refractivity contribution in [3.8, 4) is 34.5 Å².